The molecular formula is C50H68N8O12S2Si. The second-order valence-corrected chi connectivity index (χ2v) is 28.6. The molecule has 0 radical (unpaired) electrons. The summed E-state index contributed by atoms with van der Waals surface area (Å²) in [6.45, 7) is 14.4. The number of anilines is 1. The predicted octanol–water partition coefficient (Wildman–Crippen LogP) is 6.91. The Morgan fingerprint density at radius 1 is 0.795 bits per heavy atom. The SMILES string of the molecule is COc1ccc(CN(Cc2ccc(OC)cc2)S(=O)(=O)c2c(S(=O)(=O)NCC(CNC(=O)OC(C)(C)C)O[Si](C)(C)C(C)(C)C)ccc(N3CCC(C(=O)O)C3)c2-c2nnn(Cc3ccc(OC)cc3)n2)cc1. The number of carbonyl (C=O) groups is 2. The van der Waals surface area contributed by atoms with Gasteiger partial charge in [-0.2, -0.15) is 9.10 Å². The third-order valence-electron chi connectivity index (χ3n) is 12.7. The first-order chi connectivity index (χ1) is 34.2. The van der Waals surface area contributed by atoms with E-state index >= 15 is 16.8 Å². The van der Waals surface area contributed by atoms with E-state index in [1.807, 2.05) is 33.9 Å². The van der Waals surface area contributed by atoms with Crippen LogP contribution in [0.1, 0.15) is 64.7 Å². The first kappa shape index (κ1) is 56.2. The van der Waals surface area contributed by atoms with Gasteiger partial charge in [0.05, 0.1) is 45.5 Å². The smallest absolute Gasteiger partial charge is 0.407 e. The van der Waals surface area contributed by atoms with Gasteiger partial charge in [-0.25, -0.2) is 26.4 Å². The third kappa shape index (κ3) is 14.4. The summed E-state index contributed by atoms with van der Waals surface area (Å²) in [6.07, 6.45) is -1.45. The number of rotatable bonds is 22. The van der Waals surface area contributed by atoms with E-state index in [2.05, 4.69) is 20.4 Å². The normalized spacial score (nSPS) is 15.0. The first-order valence-electron chi connectivity index (χ1n) is 23.7. The van der Waals surface area contributed by atoms with Crippen LogP contribution in [0.25, 0.3) is 11.4 Å². The van der Waals surface area contributed by atoms with Crippen LogP contribution in [0.5, 0.6) is 17.2 Å². The maximum absolute atomic E-state index is 16.2. The average Bonchev–Trinajstić information content (AvgIpc) is 4.02. The van der Waals surface area contributed by atoms with Gasteiger partial charge in [0, 0.05) is 45.0 Å². The minimum absolute atomic E-state index is 0.0231. The molecule has 2 unspecified atom stereocenters. The van der Waals surface area contributed by atoms with Crippen molar-refractivity contribution < 1.29 is 54.9 Å². The molecule has 1 aliphatic rings. The van der Waals surface area contributed by atoms with Gasteiger partial charge in [-0.05, 0) is 116 Å². The van der Waals surface area contributed by atoms with E-state index in [1.165, 1.54) is 31.1 Å². The second-order valence-electron chi connectivity index (χ2n) is 20.3. The predicted molar refractivity (Wildman–Crippen MR) is 277 cm³/mol. The lowest BCUT2D eigenvalue weighted by atomic mass is 10.1. The number of aliphatic carboxylic acids is 1. The number of nitrogens with one attached hydrogen (secondary N) is 2. The molecule has 1 aliphatic heterocycles. The van der Waals surface area contributed by atoms with Crippen molar-refractivity contribution in [3.05, 3.63) is 102 Å². The fourth-order valence-electron chi connectivity index (χ4n) is 7.75. The maximum Gasteiger partial charge on any atom is 0.407 e. The molecule has 1 saturated heterocycles. The molecule has 2 atom stereocenters. The van der Waals surface area contributed by atoms with Crippen molar-refractivity contribution in [2.24, 2.45) is 5.92 Å². The summed E-state index contributed by atoms with van der Waals surface area (Å²) in [5.41, 5.74) is 1.01. The minimum atomic E-state index is -5.01. The highest BCUT2D eigenvalue weighted by Crippen LogP contribution is 2.43. The van der Waals surface area contributed by atoms with Gasteiger partial charge in [-0.3, -0.25) is 4.79 Å². The van der Waals surface area contributed by atoms with E-state index in [1.54, 1.807) is 106 Å². The zero-order valence-corrected chi connectivity index (χ0v) is 46.0. The standard InChI is InChI=1S/C50H68N8O12S2Si/c1-49(2,3)69-48(61)51-28-41(70-73(10,11)50(4,5)6)29-52-71(62,63)43-25-24-42(56-27-26-37(33-56)47(59)60)44(46-53-55-58(54-46)32-36-16-22-40(68-9)23-17-36)45(43)72(64,65)57(30-34-12-18-38(66-7)19-13-34)31-35-14-20-39(67-8)21-15-35/h12-25,37,41,52H,26-33H2,1-11H3,(H,51,61)(H,59,60). The van der Waals surface area contributed by atoms with Crippen LogP contribution >= 0.6 is 0 Å². The van der Waals surface area contributed by atoms with Crippen molar-refractivity contribution in [3.8, 4) is 28.6 Å². The number of ether oxygens (including phenoxy) is 4. The Balaban J connectivity index is 1.57. The quantitative estimate of drug-likeness (QED) is 0.0597. The molecule has 2 heterocycles. The Labute approximate surface area is 429 Å². The largest absolute Gasteiger partial charge is 0.497 e. The number of alkyl carbamates (subject to hydrolysis) is 1. The van der Waals surface area contributed by atoms with Crippen molar-refractivity contribution >= 4 is 46.1 Å². The van der Waals surface area contributed by atoms with Crippen LogP contribution in [0.4, 0.5) is 10.5 Å². The molecule has 0 bridgehead atoms. The monoisotopic (exact) mass is 1060 g/mol. The van der Waals surface area contributed by atoms with Crippen molar-refractivity contribution in [2.75, 3.05) is 52.4 Å². The molecule has 1 aromatic heterocycles. The van der Waals surface area contributed by atoms with Gasteiger partial charge in [-0.15, -0.1) is 10.2 Å². The molecular weight excluding hydrogens is 997 g/mol. The summed E-state index contributed by atoms with van der Waals surface area (Å²) in [7, 11) is -7.95. The Hall–Kier alpha value is -6.11. The molecule has 6 rings (SSSR count). The van der Waals surface area contributed by atoms with Crippen molar-refractivity contribution in [2.45, 2.75) is 107 Å². The number of aromatic nitrogens is 4. The first-order valence-corrected chi connectivity index (χ1v) is 29.5. The van der Waals surface area contributed by atoms with Gasteiger partial charge >= 0.3 is 12.1 Å². The molecule has 0 spiro atoms. The molecule has 3 N–H and O–H groups in total. The van der Waals surface area contributed by atoms with E-state index < -0.39 is 74.4 Å². The van der Waals surface area contributed by atoms with Gasteiger partial charge in [0.15, 0.2) is 8.32 Å². The van der Waals surface area contributed by atoms with Gasteiger partial charge in [0.1, 0.15) is 32.6 Å². The maximum atomic E-state index is 16.2. The summed E-state index contributed by atoms with van der Waals surface area (Å²) < 4.78 is 95.0. The average molecular weight is 1070 g/mol. The van der Waals surface area contributed by atoms with E-state index in [0.29, 0.717) is 28.4 Å². The fourth-order valence-corrected chi connectivity index (χ4v) is 12.6. The number of sulfonamides is 2. The number of hydrogen-bond acceptors (Lipinski definition) is 15. The summed E-state index contributed by atoms with van der Waals surface area (Å²) in [5.74, 6) is -0.385. The third-order valence-corrected chi connectivity index (χ3v) is 20.7. The number of carbonyl (C=O) groups excluding carboxylic acids is 1. The lowest BCUT2D eigenvalue weighted by Gasteiger charge is -2.39. The van der Waals surface area contributed by atoms with Gasteiger partial charge < -0.3 is 38.7 Å². The molecule has 1 amide bonds. The van der Waals surface area contributed by atoms with Crippen LogP contribution in [0, 0.1) is 5.92 Å². The summed E-state index contributed by atoms with van der Waals surface area (Å²) >= 11 is 0. The highest BCUT2D eigenvalue weighted by molar-refractivity contribution is 7.92. The highest BCUT2D eigenvalue weighted by atomic mass is 32.2. The zero-order valence-electron chi connectivity index (χ0n) is 43.3. The molecule has 1 fully saturated rings. The molecule has 73 heavy (non-hydrogen) atoms. The number of amides is 1. The lowest BCUT2D eigenvalue weighted by Crippen LogP contribution is -2.51. The van der Waals surface area contributed by atoms with Crippen molar-refractivity contribution in [1.29, 1.82) is 0 Å². The molecule has 20 nitrogen and oxygen atoms in total. The Bertz CT molecular complexity index is 2880. The second kappa shape index (κ2) is 23.0. The van der Waals surface area contributed by atoms with E-state index in [0.717, 1.165) is 9.87 Å². The molecule has 23 heteroatoms. The molecule has 0 saturated carbocycles. The Morgan fingerprint density at radius 3 is 1.81 bits per heavy atom. The van der Waals surface area contributed by atoms with Gasteiger partial charge in [-0.1, -0.05) is 57.2 Å². The number of benzene rings is 4. The molecule has 5 aromatic rings. The highest BCUT2D eigenvalue weighted by Gasteiger charge is 2.42. The van der Waals surface area contributed by atoms with Crippen LogP contribution in [0.2, 0.25) is 18.1 Å². The Kier molecular flexibility index (Phi) is 17.7. The van der Waals surface area contributed by atoms with Crippen LogP contribution in [-0.2, 0) is 53.6 Å². The van der Waals surface area contributed by atoms with Crippen LogP contribution in [-0.4, -0.2) is 126 Å². The molecule has 0 aliphatic carbocycles. The van der Waals surface area contributed by atoms with Gasteiger partial charge in [0.2, 0.25) is 25.9 Å². The van der Waals surface area contributed by atoms with Crippen molar-refractivity contribution in [3.63, 3.8) is 0 Å². The summed E-state index contributed by atoms with van der Waals surface area (Å²) in [5, 5.41) is 25.9. The number of nitrogens with zero attached hydrogens (tertiary/aromatic N) is 6. The van der Waals surface area contributed by atoms with E-state index in [9.17, 15) is 14.7 Å². The topological polar surface area (TPSA) is 243 Å². The number of carboxylic acids is 1. The van der Waals surface area contributed by atoms with Crippen LogP contribution < -0.4 is 29.1 Å². The van der Waals surface area contributed by atoms with Gasteiger partial charge in [0.25, 0.3) is 0 Å². The number of carboxylic acid groups (broad SMARTS) is 1. The summed E-state index contributed by atoms with van der Waals surface area (Å²) in [6, 6.07) is 23.4. The van der Waals surface area contributed by atoms with Crippen LogP contribution in [0.15, 0.2) is 94.7 Å². The lowest BCUT2D eigenvalue weighted by molar-refractivity contribution is -0.140. The number of tetrazole rings is 1. The molecule has 396 valence electrons. The minimum Gasteiger partial charge on any atom is -0.497 e. The molecule has 4 aromatic carbocycles. The number of hydrogen-bond donors (Lipinski definition) is 3. The zero-order chi connectivity index (χ0) is 53.5. The fraction of sp³-hybridized carbons (Fsp3) is 0.460. The van der Waals surface area contributed by atoms with E-state index in [4.69, 9.17) is 28.5 Å². The summed E-state index contributed by atoms with van der Waals surface area (Å²) in [4.78, 5) is 26.9. The van der Waals surface area contributed by atoms with Crippen LogP contribution in [0.3, 0.4) is 0 Å². The van der Waals surface area contributed by atoms with Crippen molar-refractivity contribution in [1.82, 2.24) is 34.6 Å². The Morgan fingerprint density at radius 2 is 1.33 bits per heavy atom. The number of methoxy groups -OCH3 is 3. The van der Waals surface area contributed by atoms with E-state index in [-0.39, 0.29) is 67.8 Å².